The molecule has 0 fully saturated rings. The number of carbonyl (C=O) groups is 1. The molecule has 0 atom stereocenters. The van der Waals surface area contributed by atoms with Crippen molar-refractivity contribution < 1.29 is 9.53 Å². The summed E-state index contributed by atoms with van der Waals surface area (Å²) in [5.41, 5.74) is 3.34. The number of aromatic nitrogens is 4. The predicted octanol–water partition coefficient (Wildman–Crippen LogP) is 3.91. The SMILES string of the molecule is CN(CCc1ccccn1)c1nc(-c2ccncc2)nc2c1CN(C(=O)OC(C)(C)C)CC2. The van der Waals surface area contributed by atoms with Crippen molar-refractivity contribution in [3.05, 3.63) is 65.9 Å². The van der Waals surface area contributed by atoms with Crippen LogP contribution in [0.15, 0.2) is 48.9 Å². The molecule has 0 saturated heterocycles. The normalized spacial score (nSPS) is 13.4. The number of anilines is 1. The largest absolute Gasteiger partial charge is 0.444 e. The molecule has 3 aromatic rings. The van der Waals surface area contributed by atoms with Gasteiger partial charge in [0, 0.05) is 68.4 Å². The number of pyridine rings is 2. The van der Waals surface area contributed by atoms with Crippen molar-refractivity contribution in [2.45, 2.75) is 45.8 Å². The Morgan fingerprint density at radius 1 is 1.12 bits per heavy atom. The molecule has 0 spiro atoms. The van der Waals surface area contributed by atoms with E-state index in [1.807, 2.05) is 64.3 Å². The van der Waals surface area contributed by atoms with E-state index in [9.17, 15) is 4.79 Å². The first-order chi connectivity index (χ1) is 15.8. The summed E-state index contributed by atoms with van der Waals surface area (Å²) in [5, 5.41) is 0. The van der Waals surface area contributed by atoms with E-state index in [1.54, 1.807) is 17.3 Å². The molecule has 0 N–H and O–H groups in total. The Morgan fingerprint density at radius 2 is 1.91 bits per heavy atom. The van der Waals surface area contributed by atoms with Crippen molar-refractivity contribution >= 4 is 11.9 Å². The van der Waals surface area contributed by atoms with Crippen molar-refractivity contribution in [1.82, 2.24) is 24.8 Å². The van der Waals surface area contributed by atoms with Gasteiger partial charge in [0.25, 0.3) is 0 Å². The third-order valence-electron chi connectivity index (χ3n) is 5.42. The van der Waals surface area contributed by atoms with Crippen molar-refractivity contribution in [2.24, 2.45) is 0 Å². The van der Waals surface area contributed by atoms with E-state index < -0.39 is 5.60 Å². The maximum Gasteiger partial charge on any atom is 0.410 e. The quantitative estimate of drug-likeness (QED) is 0.587. The fourth-order valence-corrected chi connectivity index (χ4v) is 3.76. The number of likely N-dealkylation sites (N-methyl/N-ethyl adjacent to an activating group) is 1. The molecular weight excluding hydrogens is 416 g/mol. The summed E-state index contributed by atoms with van der Waals surface area (Å²) in [6, 6.07) is 9.76. The van der Waals surface area contributed by atoms with E-state index in [4.69, 9.17) is 14.7 Å². The van der Waals surface area contributed by atoms with Crippen LogP contribution in [0.5, 0.6) is 0 Å². The van der Waals surface area contributed by atoms with Crippen LogP contribution in [0.1, 0.15) is 37.7 Å². The number of carbonyl (C=O) groups excluding carboxylic acids is 1. The summed E-state index contributed by atoms with van der Waals surface area (Å²) in [6.45, 7) is 7.36. The molecule has 1 aliphatic heterocycles. The van der Waals surface area contributed by atoms with Gasteiger partial charge in [-0.15, -0.1) is 0 Å². The van der Waals surface area contributed by atoms with Gasteiger partial charge in [-0.2, -0.15) is 0 Å². The standard InChI is InChI=1S/C25H30N6O2/c1-25(2,3)33-24(32)31-16-11-21-20(17-31)23(29-22(28-21)18-8-13-26-14-9-18)30(4)15-10-19-7-5-6-12-27-19/h5-9,12-14H,10-11,15-17H2,1-4H3. The lowest BCUT2D eigenvalue weighted by Gasteiger charge is -2.33. The maximum absolute atomic E-state index is 12.7. The molecule has 172 valence electrons. The highest BCUT2D eigenvalue weighted by Gasteiger charge is 2.29. The predicted molar refractivity (Wildman–Crippen MR) is 127 cm³/mol. The first kappa shape index (κ1) is 22.6. The maximum atomic E-state index is 12.7. The van der Waals surface area contributed by atoms with Crippen molar-refractivity contribution in [2.75, 3.05) is 25.0 Å². The minimum absolute atomic E-state index is 0.312. The van der Waals surface area contributed by atoms with Crippen LogP contribution in [0.3, 0.4) is 0 Å². The molecule has 1 amide bonds. The molecule has 0 radical (unpaired) electrons. The van der Waals surface area contributed by atoms with Crippen molar-refractivity contribution in [3.63, 3.8) is 0 Å². The minimum atomic E-state index is -0.540. The first-order valence-electron chi connectivity index (χ1n) is 11.2. The average molecular weight is 447 g/mol. The van der Waals surface area contributed by atoms with Crippen molar-refractivity contribution in [3.8, 4) is 11.4 Å². The van der Waals surface area contributed by atoms with Gasteiger partial charge in [0.15, 0.2) is 5.82 Å². The Bertz CT molecular complexity index is 1100. The van der Waals surface area contributed by atoms with E-state index in [0.717, 1.165) is 41.3 Å². The first-order valence-corrected chi connectivity index (χ1v) is 11.2. The monoisotopic (exact) mass is 446 g/mol. The Labute approximate surface area is 194 Å². The lowest BCUT2D eigenvalue weighted by atomic mass is 10.0. The molecule has 3 aromatic heterocycles. The van der Waals surface area contributed by atoms with Crippen molar-refractivity contribution in [1.29, 1.82) is 0 Å². The molecule has 0 aromatic carbocycles. The summed E-state index contributed by atoms with van der Waals surface area (Å²) >= 11 is 0. The van der Waals surface area contributed by atoms with E-state index in [-0.39, 0.29) is 6.09 Å². The van der Waals surface area contributed by atoms with Gasteiger partial charge in [0.1, 0.15) is 11.4 Å². The van der Waals surface area contributed by atoms with Gasteiger partial charge in [-0.25, -0.2) is 14.8 Å². The summed E-state index contributed by atoms with van der Waals surface area (Å²) in [7, 11) is 2.02. The fourth-order valence-electron chi connectivity index (χ4n) is 3.76. The second kappa shape index (κ2) is 9.52. The van der Waals surface area contributed by atoms with E-state index in [2.05, 4.69) is 14.9 Å². The number of fused-ring (bicyclic) bond motifs is 1. The molecule has 4 heterocycles. The van der Waals surface area contributed by atoms with E-state index in [0.29, 0.717) is 25.3 Å². The summed E-state index contributed by atoms with van der Waals surface area (Å²) in [5.74, 6) is 1.50. The van der Waals surface area contributed by atoms with Gasteiger partial charge in [-0.1, -0.05) is 6.07 Å². The zero-order chi connectivity index (χ0) is 23.4. The number of ether oxygens (including phenoxy) is 1. The van der Waals surface area contributed by atoms with Gasteiger partial charge in [-0.3, -0.25) is 9.97 Å². The lowest BCUT2D eigenvalue weighted by molar-refractivity contribution is 0.0223. The van der Waals surface area contributed by atoms with Crippen LogP contribution < -0.4 is 4.90 Å². The molecule has 33 heavy (non-hydrogen) atoms. The second-order valence-corrected chi connectivity index (χ2v) is 9.18. The van der Waals surface area contributed by atoms with Crippen LogP contribution in [-0.2, 0) is 24.1 Å². The number of amides is 1. The number of nitrogens with zero attached hydrogens (tertiary/aromatic N) is 6. The third-order valence-corrected chi connectivity index (χ3v) is 5.42. The molecule has 0 aliphatic carbocycles. The van der Waals surface area contributed by atoms with Gasteiger partial charge < -0.3 is 14.5 Å². The zero-order valence-corrected chi connectivity index (χ0v) is 19.7. The van der Waals surface area contributed by atoms with Crippen LogP contribution >= 0.6 is 0 Å². The number of hydrogen-bond donors (Lipinski definition) is 0. The van der Waals surface area contributed by atoms with Crippen LogP contribution in [0.2, 0.25) is 0 Å². The fraction of sp³-hybridized carbons (Fsp3) is 0.400. The van der Waals surface area contributed by atoms with Gasteiger partial charge >= 0.3 is 6.09 Å². The highest BCUT2D eigenvalue weighted by Crippen LogP contribution is 2.30. The summed E-state index contributed by atoms with van der Waals surface area (Å²) in [6.07, 6.45) is 6.42. The average Bonchev–Trinajstić information content (AvgIpc) is 2.81. The van der Waals surface area contributed by atoms with Gasteiger partial charge in [0.05, 0.1) is 12.2 Å². The molecule has 8 nitrogen and oxygen atoms in total. The molecule has 0 unspecified atom stereocenters. The molecular formula is C25H30N6O2. The molecule has 1 aliphatic rings. The molecule has 0 saturated carbocycles. The Kier molecular flexibility index (Phi) is 6.53. The second-order valence-electron chi connectivity index (χ2n) is 9.18. The van der Waals surface area contributed by atoms with Crippen LogP contribution in [-0.4, -0.2) is 56.7 Å². The van der Waals surface area contributed by atoms with Gasteiger partial charge in [-0.05, 0) is 45.0 Å². The Balaban J connectivity index is 1.65. The van der Waals surface area contributed by atoms with E-state index in [1.165, 1.54) is 0 Å². The molecule has 0 bridgehead atoms. The highest BCUT2D eigenvalue weighted by atomic mass is 16.6. The zero-order valence-electron chi connectivity index (χ0n) is 19.7. The van der Waals surface area contributed by atoms with E-state index >= 15 is 0 Å². The third kappa shape index (κ3) is 5.63. The Morgan fingerprint density at radius 3 is 2.61 bits per heavy atom. The Hall–Kier alpha value is -3.55. The lowest BCUT2D eigenvalue weighted by Crippen LogP contribution is -2.41. The minimum Gasteiger partial charge on any atom is -0.444 e. The van der Waals surface area contributed by atoms with Crippen LogP contribution in [0.4, 0.5) is 10.6 Å². The number of rotatable bonds is 5. The summed E-state index contributed by atoms with van der Waals surface area (Å²) < 4.78 is 5.61. The highest BCUT2D eigenvalue weighted by molar-refractivity contribution is 5.70. The molecule has 4 rings (SSSR count). The topological polar surface area (TPSA) is 84.3 Å². The van der Waals surface area contributed by atoms with Gasteiger partial charge in [0.2, 0.25) is 0 Å². The van der Waals surface area contributed by atoms with Crippen LogP contribution in [0, 0.1) is 0 Å². The molecule has 8 heteroatoms. The summed E-state index contributed by atoms with van der Waals surface area (Å²) in [4.78, 5) is 34.9. The smallest absolute Gasteiger partial charge is 0.410 e. The van der Waals surface area contributed by atoms with Crippen LogP contribution in [0.25, 0.3) is 11.4 Å². The number of hydrogen-bond acceptors (Lipinski definition) is 7.